The second-order valence-electron chi connectivity index (χ2n) is 4.61. The van der Waals surface area contributed by atoms with Crippen LogP contribution >= 0.6 is 0 Å². The van der Waals surface area contributed by atoms with Crippen molar-refractivity contribution in [2.24, 2.45) is 5.41 Å². The van der Waals surface area contributed by atoms with Crippen LogP contribution in [0.3, 0.4) is 0 Å². The monoisotopic (exact) mass is 172 g/mol. The minimum absolute atomic E-state index is 0.116. The van der Waals surface area contributed by atoms with E-state index in [4.69, 9.17) is 5.11 Å². The van der Waals surface area contributed by atoms with Gasteiger partial charge in [0.2, 0.25) is 0 Å². The molecule has 0 spiro atoms. The Morgan fingerprint density at radius 3 is 2.25 bits per heavy atom. The zero-order valence-electron chi connectivity index (χ0n) is 9.06. The second-order valence-corrected chi connectivity index (χ2v) is 4.61. The van der Waals surface area contributed by atoms with Crippen molar-refractivity contribution in [1.82, 2.24) is 0 Å². The number of rotatable bonds is 6. The van der Waals surface area contributed by atoms with E-state index in [9.17, 15) is 0 Å². The molecule has 0 aliphatic rings. The van der Waals surface area contributed by atoms with Gasteiger partial charge in [0.15, 0.2) is 0 Å². The quantitative estimate of drug-likeness (QED) is 0.609. The van der Waals surface area contributed by atoms with Gasteiger partial charge in [0.1, 0.15) is 0 Å². The van der Waals surface area contributed by atoms with Crippen LogP contribution in [-0.2, 0) is 0 Å². The van der Waals surface area contributed by atoms with Crippen molar-refractivity contribution in [3.05, 3.63) is 0 Å². The van der Waals surface area contributed by atoms with Crippen LogP contribution < -0.4 is 0 Å². The Balaban J connectivity index is 3.31. The summed E-state index contributed by atoms with van der Waals surface area (Å²) in [6.07, 6.45) is 5.81. The van der Waals surface area contributed by atoms with Gasteiger partial charge in [-0.05, 0) is 25.2 Å². The molecule has 0 rings (SSSR count). The van der Waals surface area contributed by atoms with E-state index in [1.54, 1.807) is 0 Å². The van der Waals surface area contributed by atoms with Gasteiger partial charge in [-0.25, -0.2) is 0 Å². The fraction of sp³-hybridized carbons (Fsp3) is 1.00. The zero-order valence-corrected chi connectivity index (χ0v) is 9.06. The van der Waals surface area contributed by atoms with E-state index < -0.39 is 0 Å². The molecule has 1 unspecified atom stereocenters. The van der Waals surface area contributed by atoms with Gasteiger partial charge in [0, 0.05) is 0 Å². The zero-order chi connectivity index (χ0) is 9.61. The molecule has 0 aromatic rings. The van der Waals surface area contributed by atoms with Gasteiger partial charge in [-0.15, -0.1) is 0 Å². The molecule has 0 aromatic carbocycles. The largest absolute Gasteiger partial charge is 0.393 e. The van der Waals surface area contributed by atoms with Crippen LogP contribution in [-0.4, -0.2) is 11.2 Å². The van der Waals surface area contributed by atoms with Gasteiger partial charge >= 0.3 is 0 Å². The molecular formula is C11H24O. The van der Waals surface area contributed by atoms with Crippen LogP contribution in [0.5, 0.6) is 0 Å². The smallest absolute Gasteiger partial charge is 0.0512 e. The summed E-state index contributed by atoms with van der Waals surface area (Å²) in [6.45, 7) is 8.74. The Bertz CT molecular complexity index is 106. The molecule has 1 nitrogen and oxygen atoms in total. The summed E-state index contributed by atoms with van der Waals surface area (Å²) in [5, 5.41) is 9.04. The lowest BCUT2D eigenvalue weighted by Crippen LogP contribution is -2.09. The Labute approximate surface area is 77.2 Å². The Morgan fingerprint density at radius 2 is 1.83 bits per heavy atom. The van der Waals surface area contributed by atoms with Crippen molar-refractivity contribution in [3.8, 4) is 0 Å². The predicted molar refractivity (Wildman–Crippen MR) is 54.2 cm³/mol. The fourth-order valence-corrected chi connectivity index (χ4v) is 1.22. The second kappa shape index (κ2) is 5.58. The molecule has 12 heavy (non-hydrogen) atoms. The fourth-order valence-electron chi connectivity index (χ4n) is 1.22. The summed E-state index contributed by atoms with van der Waals surface area (Å²) >= 11 is 0. The third-order valence-electron chi connectivity index (χ3n) is 2.68. The molecule has 1 heteroatoms. The summed E-state index contributed by atoms with van der Waals surface area (Å²) in [7, 11) is 0. The lowest BCUT2D eigenvalue weighted by molar-refractivity contribution is 0.177. The molecule has 0 aromatic heterocycles. The molecule has 0 saturated heterocycles. The highest BCUT2D eigenvalue weighted by Crippen LogP contribution is 2.27. The van der Waals surface area contributed by atoms with Crippen molar-refractivity contribution in [1.29, 1.82) is 0 Å². The maximum absolute atomic E-state index is 9.04. The first-order valence-electron chi connectivity index (χ1n) is 5.16. The van der Waals surface area contributed by atoms with Crippen LogP contribution in [0.4, 0.5) is 0 Å². The third-order valence-corrected chi connectivity index (χ3v) is 2.68. The van der Waals surface area contributed by atoms with Crippen LogP contribution in [0.25, 0.3) is 0 Å². The molecule has 0 amide bonds. The van der Waals surface area contributed by atoms with E-state index >= 15 is 0 Å². The van der Waals surface area contributed by atoms with E-state index in [1.165, 1.54) is 25.7 Å². The molecule has 0 bridgehead atoms. The van der Waals surface area contributed by atoms with Crippen LogP contribution in [0.1, 0.15) is 59.8 Å². The van der Waals surface area contributed by atoms with E-state index in [2.05, 4.69) is 20.8 Å². The molecule has 74 valence electrons. The minimum Gasteiger partial charge on any atom is -0.393 e. The Morgan fingerprint density at radius 1 is 1.25 bits per heavy atom. The highest BCUT2D eigenvalue weighted by molar-refractivity contribution is 4.66. The first-order valence-corrected chi connectivity index (χ1v) is 5.16. The highest BCUT2D eigenvalue weighted by atomic mass is 16.3. The first kappa shape index (κ1) is 12.0. The molecule has 1 N–H and O–H groups in total. The lowest BCUT2D eigenvalue weighted by Gasteiger charge is -2.22. The number of hydrogen-bond donors (Lipinski definition) is 1. The normalized spacial score (nSPS) is 14.8. The van der Waals surface area contributed by atoms with Gasteiger partial charge < -0.3 is 5.11 Å². The maximum atomic E-state index is 9.04. The highest BCUT2D eigenvalue weighted by Gasteiger charge is 2.13. The molecular weight excluding hydrogens is 148 g/mol. The van der Waals surface area contributed by atoms with E-state index in [-0.39, 0.29) is 6.10 Å². The average molecular weight is 172 g/mol. The summed E-state index contributed by atoms with van der Waals surface area (Å²) in [4.78, 5) is 0. The van der Waals surface area contributed by atoms with E-state index in [1.807, 2.05) is 6.92 Å². The first-order chi connectivity index (χ1) is 5.48. The lowest BCUT2D eigenvalue weighted by atomic mass is 9.84. The summed E-state index contributed by atoms with van der Waals surface area (Å²) in [5.74, 6) is 0. The van der Waals surface area contributed by atoms with Crippen LogP contribution in [0.2, 0.25) is 0 Å². The molecule has 0 aliphatic carbocycles. The van der Waals surface area contributed by atoms with Gasteiger partial charge in [-0.3, -0.25) is 0 Å². The molecule has 0 radical (unpaired) electrons. The van der Waals surface area contributed by atoms with Crippen molar-refractivity contribution < 1.29 is 5.11 Å². The molecule has 1 atom stereocenters. The van der Waals surface area contributed by atoms with Gasteiger partial charge in [-0.1, -0.05) is 40.0 Å². The van der Waals surface area contributed by atoms with Crippen molar-refractivity contribution in [3.63, 3.8) is 0 Å². The summed E-state index contributed by atoms with van der Waals surface area (Å²) < 4.78 is 0. The number of unbranched alkanes of at least 4 members (excludes halogenated alkanes) is 1. The predicted octanol–water partition coefficient (Wildman–Crippen LogP) is 3.36. The topological polar surface area (TPSA) is 20.2 Å². The van der Waals surface area contributed by atoms with Gasteiger partial charge in [0.25, 0.3) is 0 Å². The van der Waals surface area contributed by atoms with Crippen LogP contribution in [0.15, 0.2) is 0 Å². The maximum Gasteiger partial charge on any atom is 0.0512 e. The standard InChI is InChI=1S/C11H24O/c1-5-11(3,4)9-7-6-8-10(2)12/h10,12H,5-9H2,1-4H3. The summed E-state index contributed by atoms with van der Waals surface area (Å²) in [6, 6.07) is 0. The molecule has 0 heterocycles. The minimum atomic E-state index is -0.116. The Hall–Kier alpha value is -0.0400. The number of aliphatic hydroxyl groups is 1. The van der Waals surface area contributed by atoms with Gasteiger partial charge in [-0.2, -0.15) is 0 Å². The van der Waals surface area contributed by atoms with Crippen molar-refractivity contribution >= 4 is 0 Å². The average Bonchev–Trinajstić information content (AvgIpc) is 1.98. The molecule has 0 saturated carbocycles. The van der Waals surface area contributed by atoms with E-state index in [0.29, 0.717) is 5.41 Å². The summed E-state index contributed by atoms with van der Waals surface area (Å²) in [5.41, 5.74) is 0.499. The number of aliphatic hydroxyl groups excluding tert-OH is 1. The molecule has 0 aliphatic heterocycles. The molecule has 0 fully saturated rings. The number of hydrogen-bond acceptors (Lipinski definition) is 1. The van der Waals surface area contributed by atoms with Gasteiger partial charge in [0.05, 0.1) is 6.10 Å². The Kier molecular flexibility index (Phi) is 5.56. The third kappa shape index (κ3) is 6.66. The SMILES string of the molecule is CCC(C)(C)CCCCC(C)O. The van der Waals surface area contributed by atoms with Crippen LogP contribution in [0, 0.1) is 5.41 Å². The van der Waals surface area contributed by atoms with E-state index in [0.717, 1.165) is 6.42 Å². The van der Waals surface area contributed by atoms with Crippen molar-refractivity contribution in [2.75, 3.05) is 0 Å². The van der Waals surface area contributed by atoms with Crippen molar-refractivity contribution in [2.45, 2.75) is 65.9 Å².